The van der Waals surface area contributed by atoms with Crippen molar-refractivity contribution in [3.63, 3.8) is 0 Å². The Morgan fingerprint density at radius 2 is 1.37 bits per heavy atom. The molecule has 0 saturated heterocycles. The van der Waals surface area contributed by atoms with Gasteiger partial charge in [0.2, 0.25) is 0 Å². The van der Waals surface area contributed by atoms with Gasteiger partial charge in [0.25, 0.3) is 0 Å². The van der Waals surface area contributed by atoms with Crippen molar-refractivity contribution in [2.75, 3.05) is 6.61 Å². The monoisotopic (exact) mass is 401 g/mol. The van der Waals surface area contributed by atoms with Crippen molar-refractivity contribution in [3.8, 4) is 22.9 Å². The lowest BCUT2D eigenvalue weighted by molar-refractivity contribution is 0.304. The van der Waals surface area contributed by atoms with Crippen LogP contribution in [0.1, 0.15) is 56.9 Å². The SMILES string of the molecule is N#Cc1ccc(-c2ccc(OCCCCCCCCCCn3ccnc3)cc2)cc1. The van der Waals surface area contributed by atoms with Crippen molar-refractivity contribution in [1.29, 1.82) is 5.26 Å². The lowest BCUT2D eigenvalue weighted by atomic mass is 10.0. The highest BCUT2D eigenvalue weighted by atomic mass is 16.5. The molecule has 156 valence electrons. The van der Waals surface area contributed by atoms with Gasteiger partial charge >= 0.3 is 0 Å². The highest BCUT2D eigenvalue weighted by molar-refractivity contribution is 5.64. The Kier molecular flexibility index (Phi) is 9.01. The molecular formula is C26H31N3O. The van der Waals surface area contributed by atoms with Crippen LogP contribution in [0.5, 0.6) is 5.75 Å². The molecule has 0 N–H and O–H groups in total. The summed E-state index contributed by atoms with van der Waals surface area (Å²) in [6, 6.07) is 18.0. The summed E-state index contributed by atoms with van der Waals surface area (Å²) in [5.41, 5.74) is 2.93. The number of rotatable bonds is 13. The van der Waals surface area contributed by atoms with Crippen molar-refractivity contribution >= 4 is 0 Å². The smallest absolute Gasteiger partial charge is 0.119 e. The maximum absolute atomic E-state index is 8.89. The topological polar surface area (TPSA) is 50.8 Å². The number of nitrogens with zero attached hydrogens (tertiary/aromatic N) is 3. The third-order valence-electron chi connectivity index (χ3n) is 5.34. The number of nitriles is 1. The first-order valence-electron chi connectivity index (χ1n) is 11.0. The Balaban J connectivity index is 1.20. The van der Waals surface area contributed by atoms with Gasteiger partial charge in [-0.25, -0.2) is 4.98 Å². The second kappa shape index (κ2) is 12.5. The number of imidazole rings is 1. The maximum Gasteiger partial charge on any atom is 0.119 e. The molecule has 0 aliphatic carbocycles. The highest BCUT2D eigenvalue weighted by Gasteiger charge is 2.00. The van der Waals surface area contributed by atoms with Gasteiger partial charge in [0.1, 0.15) is 5.75 Å². The summed E-state index contributed by atoms with van der Waals surface area (Å²) in [6.45, 7) is 1.87. The molecule has 30 heavy (non-hydrogen) atoms. The molecule has 4 heteroatoms. The van der Waals surface area contributed by atoms with Gasteiger partial charge in [0, 0.05) is 18.9 Å². The predicted octanol–water partition coefficient (Wildman–Crippen LogP) is 6.62. The number of unbranched alkanes of at least 4 members (excludes halogenated alkanes) is 7. The number of aromatic nitrogens is 2. The van der Waals surface area contributed by atoms with Crippen molar-refractivity contribution in [1.82, 2.24) is 9.55 Å². The number of benzene rings is 2. The van der Waals surface area contributed by atoms with Crippen LogP contribution in [-0.4, -0.2) is 16.2 Å². The molecule has 3 rings (SSSR count). The van der Waals surface area contributed by atoms with Crippen LogP contribution in [0.3, 0.4) is 0 Å². The number of hydrogen-bond acceptors (Lipinski definition) is 3. The largest absolute Gasteiger partial charge is 0.494 e. The third-order valence-corrected chi connectivity index (χ3v) is 5.34. The predicted molar refractivity (Wildman–Crippen MR) is 121 cm³/mol. The molecule has 3 aromatic rings. The van der Waals surface area contributed by atoms with Crippen LogP contribution in [0.2, 0.25) is 0 Å². The van der Waals surface area contributed by atoms with E-state index in [9.17, 15) is 0 Å². The fourth-order valence-electron chi connectivity index (χ4n) is 3.55. The van der Waals surface area contributed by atoms with E-state index in [0.717, 1.165) is 36.4 Å². The van der Waals surface area contributed by atoms with E-state index in [4.69, 9.17) is 10.00 Å². The van der Waals surface area contributed by atoms with Crippen LogP contribution in [0.4, 0.5) is 0 Å². The summed E-state index contributed by atoms with van der Waals surface area (Å²) in [5.74, 6) is 0.922. The molecule has 4 nitrogen and oxygen atoms in total. The minimum atomic E-state index is 0.685. The molecule has 0 amide bonds. The summed E-state index contributed by atoms with van der Waals surface area (Å²) in [4.78, 5) is 4.07. The molecule has 2 aromatic carbocycles. The van der Waals surface area contributed by atoms with Crippen LogP contribution in [0, 0.1) is 11.3 Å². The van der Waals surface area contributed by atoms with E-state index in [1.807, 2.05) is 55.1 Å². The number of hydrogen-bond donors (Lipinski definition) is 0. The van der Waals surface area contributed by atoms with Gasteiger partial charge in [0.05, 0.1) is 24.6 Å². The molecule has 0 bridgehead atoms. The van der Waals surface area contributed by atoms with Crippen molar-refractivity contribution < 1.29 is 4.74 Å². The fraction of sp³-hybridized carbons (Fsp3) is 0.385. The van der Waals surface area contributed by atoms with Gasteiger partial charge in [-0.3, -0.25) is 0 Å². The zero-order chi connectivity index (χ0) is 20.9. The Morgan fingerprint density at radius 3 is 1.97 bits per heavy atom. The van der Waals surface area contributed by atoms with Gasteiger partial charge in [-0.1, -0.05) is 62.8 Å². The molecule has 0 aliphatic heterocycles. The quantitative estimate of drug-likeness (QED) is 0.302. The van der Waals surface area contributed by atoms with Crippen LogP contribution in [0.15, 0.2) is 67.3 Å². The minimum Gasteiger partial charge on any atom is -0.494 e. The van der Waals surface area contributed by atoms with E-state index in [0.29, 0.717) is 5.56 Å². The molecular weight excluding hydrogens is 370 g/mol. The lowest BCUT2D eigenvalue weighted by Gasteiger charge is -2.08. The van der Waals surface area contributed by atoms with Crippen LogP contribution in [0.25, 0.3) is 11.1 Å². The second-order valence-electron chi connectivity index (χ2n) is 7.69. The average Bonchev–Trinajstić information content (AvgIpc) is 3.31. The van der Waals surface area contributed by atoms with E-state index in [-0.39, 0.29) is 0 Å². The fourth-order valence-corrected chi connectivity index (χ4v) is 3.55. The molecule has 0 spiro atoms. The molecule has 0 aliphatic rings. The first kappa shape index (κ1) is 21.6. The minimum absolute atomic E-state index is 0.685. The Bertz CT molecular complexity index is 878. The van der Waals surface area contributed by atoms with E-state index in [1.165, 1.54) is 44.9 Å². The molecule has 0 fully saturated rings. The van der Waals surface area contributed by atoms with Gasteiger partial charge in [0.15, 0.2) is 0 Å². The maximum atomic E-state index is 8.89. The Labute approximate surface area is 180 Å². The summed E-state index contributed by atoms with van der Waals surface area (Å²) in [7, 11) is 0. The van der Waals surface area contributed by atoms with Gasteiger partial charge < -0.3 is 9.30 Å². The van der Waals surface area contributed by atoms with Gasteiger partial charge in [-0.05, 0) is 48.2 Å². The molecule has 0 saturated carbocycles. The molecule has 0 atom stereocenters. The Morgan fingerprint density at radius 1 is 0.767 bits per heavy atom. The molecule has 1 aromatic heterocycles. The van der Waals surface area contributed by atoms with Gasteiger partial charge in [-0.15, -0.1) is 0 Å². The normalized spacial score (nSPS) is 10.6. The first-order valence-corrected chi connectivity index (χ1v) is 11.0. The Hall–Kier alpha value is -3.06. The van der Waals surface area contributed by atoms with E-state index in [2.05, 4.69) is 27.8 Å². The average molecular weight is 402 g/mol. The van der Waals surface area contributed by atoms with Crippen molar-refractivity contribution in [2.45, 2.75) is 57.9 Å². The highest BCUT2D eigenvalue weighted by Crippen LogP contribution is 2.23. The zero-order valence-corrected chi connectivity index (χ0v) is 17.7. The summed E-state index contributed by atoms with van der Waals surface area (Å²) >= 11 is 0. The van der Waals surface area contributed by atoms with Crippen molar-refractivity contribution in [3.05, 3.63) is 72.8 Å². The third kappa shape index (κ3) is 7.40. The number of aryl methyl sites for hydroxylation is 1. The second-order valence-corrected chi connectivity index (χ2v) is 7.69. The summed E-state index contributed by atoms with van der Waals surface area (Å²) in [6.07, 6.45) is 15.9. The van der Waals surface area contributed by atoms with E-state index in [1.54, 1.807) is 0 Å². The van der Waals surface area contributed by atoms with E-state index < -0.39 is 0 Å². The van der Waals surface area contributed by atoms with Gasteiger partial charge in [-0.2, -0.15) is 5.26 Å². The van der Waals surface area contributed by atoms with Crippen LogP contribution < -0.4 is 4.74 Å². The van der Waals surface area contributed by atoms with Crippen LogP contribution >= 0.6 is 0 Å². The molecule has 0 radical (unpaired) electrons. The summed E-state index contributed by atoms with van der Waals surface area (Å²) < 4.78 is 8.03. The standard InChI is InChI=1S/C26H31N3O/c27-21-23-9-11-24(12-10-23)25-13-15-26(16-14-25)30-20-8-6-4-2-1-3-5-7-18-29-19-17-28-22-29/h9-17,19,22H,1-8,18,20H2. The zero-order valence-electron chi connectivity index (χ0n) is 17.7. The molecule has 0 unspecified atom stereocenters. The van der Waals surface area contributed by atoms with E-state index >= 15 is 0 Å². The lowest BCUT2D eigenvalue weighted by Crippen LogP contribution is -1.97. The van der Waals surface area contributed by atoms with Crippen molar-refractivity contribution in [2.24, 2.45) is 0 Å². The molecule has 1 heterocycles. The van der Waals surface area contributed by atoms with Crippen LogP contribution in [-0.2, 0) is 6.54 Å². The first-order chi connectivity index (χ1) is 14.8. The summed E-state index contributed by atoms with van der Waals surface area (Å²) in [5, 5.41) is 8.89. The number of ether oxygens (including phenoxy) is 1.